The lowest BCUT2D eigenvalue weighted by molar-refractivity contribution is -0.301. The Morgan fingerprint density at radius 1 is 0.400 bits per heavy atom. The standard InChI is InChI=1S/C65H121N7O28/c1-45(39-73)56(86)58(88)60(90)63(93)98-34-14-11-20-49(78)67-28-17-31-70-52(81)25-37-95-43-65(72-54(83)22-8-6-4-2-3-5-7-9-23-55(84)85,42-94-36-24-51(80)69-30-16-27-66-48(77)19-10-13-33-97-62(92)46(76)40-74)44-96-38-26-53(82)71-32-18-29-68-50(79)21-12-15-35-99-64-61(91)59(89)57(87)47(41-75)100-64/h45-47,56-64,73-76,86-93H,2-44H2,1H3,(H,66,77)(H,67,78)(H,68,79)(H,69,80)(H,70,81)(H,71,82)(H,72,83)(H,84,85)/t45?,46-,47?,56?,57?,58?,59?,60?,61?,62?,63?,64?,65?/m1/s1. The van der Waals surface area contributed by atoms with E-state index in [1.54, 1.807) is 0 Å². The maximum atomic E-state index is 13.8. The summed E-state index contributed by atoms with van der Waals surface area (Å²) in [5.41, 5.74) is -1.40. The number of rotatable bonds is 65. The molecule has 7 amide bonds. The van der Waals surface area contributed by atoms with Crippen molar-refractivity contribution in [3.8, 4) is 0 Å². The minimum atomic E-state index is -1.84. The molecule has 1 rings (SSSR count). The molecule has 12 unspecified atom stereocenters. The quantitative estimate of drug-likeness (QED) is 0.0204. The summed E-state index contributed by atoms with van der Waals surface area (Å²) in [6.45, 7) is 0.226. The predicted octanol–water partition coefficient (Wildman–Crippen LogP) is -4.02. The first-order valence-electron chi connectivity index (χ1n) is 35.2. The van der Waals surface area contributed by atoms with Crippen molar-refractivity contribution in [1.82, 2.24) is 37.2 Å². The van der Waals surface area contributed by atoms with Gasteiger partial charge in [-0.15, -0.1) is 0 Å². The van der Waals surface area contributed by atoms with Gasteiger partial charge in [0.1, 0.15) is 48.3 Å². The monoisotopic (exact) mass is 1450 g/mol. The molecule has 1 saturated heterocycles. The van der Waals surface area contributed by atoms with Gasteiger partial charge in [0.05, 0.1) is 59.0 Å². The zero-order chi connectivity index (χ0) is 74.4. The summed E-state index contributed by atoms with van der Waals surface area (Å²) in [5.74, 6) is -3.80. The average Bonchev–Trinajstić information content (AvgIpc) is 0.828. The molecule has 0 aromatic rings. The van der Waals surface area contributed by atoms with Crippen molar-refractivity contribution in [2.45, 2.75) is 241 Å². The minimum Gasteiger partial charge on any atom is -0.481 e. The molecular formula is C65H121N7O28. The molecule has 1 fully saturated rings. The van der Waals surface area contributed by atoms with E-state index in [9.17, 15) is 94.5 Å². The molecule has 0 aromatic heterocycles. The van der Waals surface area contributed by atoms with Crippen LogP contribution in [0.3, 0.4) is 0 Å². The Morgan fingerprint density at radius 2 is 0.770 bits per heavy atom. The first kappa shape index (κ1) is 93.0. The first-order chi connectivity index (χ1) is 47.9. The van der Waals surface area contributed by atoms with Crippen molar-refractivity contribution in [1.29, 1.82) is 0 Å². The summed E-state index contributed by atoms with van der Waals surface area (Å²) < 4.78 is 39.0. The van der Waals surface area contributed by atoms with Crippen LogP contribution in [0.15, 0.2) is 0 Å². The minimum absolute atomic E-state index is 0.0612. The van der Waals surface area contributed by atoms with Crippen molar-refractivity contribution in [2.24, 2.45) is 5.92 Å². The summed E-state index contributed by atoms with van der Waals surface area (Å²) in [6.07, 6.45) is -6.62. The summed E-state index contributed by atoms with van der Waals surface area (Å²) in [4.78, 5) is 101. The lowest BCUT2D eigenvalue weighted by atomic mass is 9.97. The molecule has 0 radical (unpaired) electrons. The highest BCUT2D eigenvalue weighted by molar-refractivity contribution is 5.78. The van der Waals surface area contributed by atoms with Gasteiger partial charge in [0, 0.05) is 123 Å². The van der Waals surface area contributed by atoms with E-state index in [4.69, 9.17) is 43.4 Å². The molecular weight excluding hydrogens is 1330 g/mol. The Hall–Kier alpha value is -5.00. The second-order valence-corrected chi connectivity index (χ2v) is 25.0. The molecule has 35 heteroatoms. The topological polar surface area (TPSA) is 548 Å². The SMILES string of the molecule is CC(CO)C(O)C(O)C(O)C(O)OCCCCC(=O)NCCCNC(=O)CCOCC(COCCC(=O)NCCCNC(=O)CCCCOC1OC(CO)C(O)C(O)C1O)(COCCC(=O)NCCCNC(=O)CCCCOC(O)[C@H](O)CO)NC(=O)CCCCCCCCCCC(=O)O. The molecule has 20 N–H and O–H groups in total. The molecule has 1 heterocycles. The van der Waals surface area contributed by atoms with Gasteiger partial charge >= 0.3 is 5.97 Å². The Bertz CT molecular complexity index is 2200. The maximum absolute atomic E-state index is 13.8. The lowest BCUT2D eigenvalue weighted by Crippen LogP contribution is -2.59. The van der Waals surface area contributed by atoms with E-state index in [1.807, 2.05) is 0 Å². The molecule has 584 valence electrons. The largest absolute Gasteiger partial charge is 0.481 e. The molecule has 0 saturated carbocycles. The molecule has 0 aromatic carbocycles. The highest BCUT2D eigenvalue weighted by Gasteiger charge is 2.44. The van der Waals surface area contributed by atoms with Crippen LogP contribution in [0, 0.1) is 5.92 Å². The molecule has 13 atom stereocenters. The van der Waals surface area contributed by atoms with E-state index in [-0.39, 0.29) is 191 Å². The molecule has 1 aliphatic heterocycles. The third-order valence-electron chi connectivity index (χ3n) is 16.0. The summed E-state index contributed by atoms with van der Waals surface area (Å²) in [6, 6.07) is 0. The van der Waals surface area contributed by atoms with E-state index < -0.39 is 105 Å². The fraction of sp³-hybridized carbons (Fsp3) is 0.877. The van der Waals surface area contributed by atoms with Crippen molar-refractivity contribution >= 4 is 47.3 Å². The normalized spacial score (nSPS) is 18.8. The molecule has 1 aliphatic rings. The van der Waals surface area contributed by atoms with E-state index in [0.29, 0.717) is 70.6 Å². The van der Waals surface area contributed by atoms with Crippen molar-refractivity contribution in [3.05, 3.63) is 0 Å². The number of hydrogen-bond donors (Lipinski definition) is 20. The van der Waals surface area contributed by atoms with Crippen LogP contribution in [0.4, 0.5) is 0 Å². The Kier molecular flexibility index (Phi) is 54.3. The van der Waals surface area contributed by atoms with Crippen molar-refractivity contribution in [3.63, 3.8) is 0 Å². The third-order valence-corrected chi connectivity index (χ3v) is 16.0. The number of ether oxygens (including phenoxy) is 7. The molecule has 0 spiro atoms. The van der Waals surface area contributed by atoms with Crippen LogP contribution in [0.2, 0.25) is 0 Å². The Balaban J connectivity index is 2.89. The number of aliphatic carboxylic acids is 1. The summed E-state index contributed by atoms with van der Waals surface area (Å²) in [7, 11) is 0. The van der Waals surface area contributed by atoms with Gasteiger partial charge in [-0.2, -0.15) is 0 Å². The van der Waals surface area contributed by atoms with Gasteiger partial charge in [0.15, 0.2) is 18.9 Å². The number of aliphatic hydroxyl groups excluding tert-OH is 12. The highest BCUT2D eigenvalue weighted by Crippen LogP contribution is 2.23. The number of amides is 7. The van der Waals surface area contributed by atoms with Gasteiger partial charge in [0.25, 0.3) is 0 Å². The van der Waals surface area contributed by atoms with Gasteiger partial charge in [-0.05, 0) is 70.6 Å². The number of unbranched alkanes of at least 4 members (excludes halogenated alkanes) is 10. The fourth-order valence-corrected chi connectivity index (χ4v) is 9.76. The van der Waals surface area contributed by atoms with Crippen LogP contribution < -0.4 is 37.2 Å². The van der Waals surface area contributed by atoms with Crippen LogP contribution in [0.5, 0.6) is 0 Å². The second-order valence-electron chi connectivity index (χ2n) is 25.0. The molecule has 35 nitrogen and oxygen atoms in total. The fourth-order valence-electron chi connectivity index (χ4n) is 9.76. The highest BCUT2D eigenvalue weighted by atomic mass is 16.7. The summed E-state index contributed by atoms with van der Waals surface area (Å²) in [5, 5.41) is 145. The van der Waals surface area contributed by atoms with Crippen LogP contribution in [-0.2, 0) is 71.5 Å². The number of nitrogens with one attached hydrogen (secondary N) is 7. The van der Waals surface area contributed by atoms with Crippen molar-refractivity contribution in [2.75, 3.05) is 119 Å². The lowest BCUT2D eigenvalue weighted by Gasteiger charge is -2.39. The Morgan fingerprint density at radius 3 is 1.17 bits per heavy atom. The van der Waals surface area contributed by atoms with Crippen LogP contribution in [0.25, 0.3) is 0 Å². The zero-order valence-corrected chi connectivity index (χ0v) is 58.3. The van der Waals surface area contributed by atoms with Gasteiger partial charge < -0.3 is 137 Å². The molecule has 100 heavy (non-hydrogen) atoms. The Labute approximate surface area is 585 Å². The predicted molar refractivity (Wildman–Crippen MR) is 355 cm³/mol. The average molecular weight is 1450 g/mol. The van der Waals surface area contributed by atoms with Crippen LogP contribution in [0.1, 0.15) is 167 Å². The number of hydrogen-bond acceptors (Lipinski definition) is 27. The molecule has 0 bridgehead atoms. The van der Waals surface area contributed by atoms with Gasteiger partial charge in [-0.25, -0.2) is 0 Å². The van der Waals surface area contributed by atoms with E-state index in [0.717, 1.165) is 38.5 Å². The number of carbonyl (C=O) groups is 8. The zero-order valence-electron chi connectivity index (χ0n) is 58.3. The van der Waals surface area contributed by atoms with E-state index in [1.165, 1.54) is 6.92 Å². The number of carbonyl (C=O) groups excluding carboxylic acids is 7. The summed E-state index contributed by atoms with van der Waals surface area (Å²) >= 11 is 0. The molecule has 0 aliphatic carbocycles. The van der Waals surface area contributed by atoms with Crippen LogP contribution in [-0.4, -0.2) is 305 Å². The third kappa shape index (κ3) is 45.9. The van der Waals surface area contributed by atoms with Crippen LogP contribution >= 0.6 is 0 Å². The number of carboxylic acid groups (broad SMARTS) is 1. The van der Waals surface area contributed by atoms with E-state index >= 15 is 0 Å². The van der Waals surface area contributed by atoms with E-state index in [2.05, 4.69) is 37.2 Å². The second kappa shape index (κ2) is 58.4. The number of carboxylic acids is 1. The van der Waals surface area contributed by atoms with Gasteiger partial charge in [-0.3, -0.25) is 38.4 Å². The van der Waals surface area contributed by atoms with Crippen molar-refractivity contribution < 1.29 is 138 Å². The number of aliphatic hydroxyl groups is 12. The van der Waals surface area contributed by atoms with Gasteiger partial charge in [-0.1, -0.05) is 45.4 Å². The smallest absolute Gasteiger partial charge is 0.303 e. The maximum Gasteiger partial charge on any atom is 0.303 e. The van der Waals surface area contributed by atoms with Gasteiger partial charge in [0.2, 0.25) is 41.4 Å². The first-order valence-corrected chi connectivity index (χ1v) is 35.2.